The molecule has 0 bridgehead atoms. The Bertz CT molecular complexity index is 359. The van der Waals surface area contributed by atoms with E-state index in [1.165, 1.54) is 6.42 Å². The zero-order valence-corrected chi connectivity index (χ0v) is 10.6. The van der Waals surface area contributed by atoms with Gasteiger partial charge in [0.05, 0.1) is 5.02 Å². The molecule has 0 saturated heterocycles. The zero-order valence-electron chi connectivity index (χ0n) is 8.21. The van der Waals surface area contributed by atoms with Gasteiger partial charge in [0.15, 0.2) is 0 Å². The number of halogens is 2. The topological polar surface area (TPSA) is 50.9 Å². The van der Waals surface area contributed by atoms with Crippen molar-refractivity contribution in [1.82, 2.24) is 4.98 Å². The predicted molar refractivity (Wildman–Crippen MR) is 66.2 cm³/mol. The van der Waals surface area contributed by atoms with E-state index in [0.717, 1.165) is 23.1 Å². The van der Waals surface area contributed by atoms with Gasteiger partial charge in [-0.05, 0) is 41.3 Å². The Morgan fingerprint density at radius 1 is 1.53 bits per heavy atom. The van der Waals surface area contributed by atoms with Crippen LogP contribution in [0.5, 0.6) is 0 Å². The Labute approximate surface area is 103 Å². The van der Waals surface area contributed by atoms with Crippen molar-refractivity contribution < 1.29 is 0 Å². The monoisotopic (exact) mass is 289 g/mol. The lowest BCUT2D eigenvalue weighted by Gasteiger charge is -2.18. The van der Waals surface area contributed by atoms with Gasteiger partial charge in [-0.15, -0.1) is 0 Å². The summed E-state index contributed by atoms with van der Waals surface area (Å²) in [5.41, 5.74) is 5.96. The van der Waals surface area contributed by atoms with Crippen LogP contribution in [0, 0.1) is 0 Å². The Balaban J connectivity index is 2.10. The molecule has 2 rings (SSSR count). The fourth-order valence-electron chi connectivity index (χ4n) is 1.86. The average molecular weight is 291 g/mol. The van der Waals surface area contributed by atoms with Crippen molar-refractivity contribution in [3.05, 3.63) is 21.8 Å². The molecule has 0 aromatic carbocycles. The van der Waals surface area contributed by atoms with Gasteiger partial charge in [-0.2, -0.15) is 0 Å². The number of pyridine rings is 1. The van der Waals surface area contributed by atoms with Crippen LogP contribution in [0.1, 0.15) is 19.3 Å². The number of nitrogens with two attached hydrogens (primary N) is 1. The van der Waals surface area contributed by atoms with Crippen molar-refractivity contribution in [3.63, 3.8) is 0 Å². The number of hydrogen-bond donors (Lipinski definition) is 2. The second kappa shape index (κ2) is 4.68. The summed E-state index contributed by atoms with van der Waals surface area (Å²) in [4.78, 5) is 4.23. The minimum Gasteiger partial charge on any atom is -0.365 e. The van der Waals surface area contributed by atoms with Crippen molar-refractivity contribution in [1.29, 1.82) is 0 Å². The Hall–Kier alpha value is -0.320. The second-order valence-corrected chi connectivity index (χ2v) is 5.15. The fraction of sp³-hybridized carbons (Fsp3) is 0.500. The molecule has 0 spiro atoms. The number of rotatable bonds is 2. The largest absolute Gasteiger partial charge is 0.365 e. The summed E-state index contributed by atoms with van der Waals surface area (Å²) in [7, 11) is 0. The summed E-state index contributed by atoms with van der Waals surface area (Å²) in [5, 5.41) is 3.93. The molecule has 1 fully saturated rings. The highest BCUT2D eigenvalue weighted by molar-refractivity contribution is 9.10. The molecule has 1 aliphatic rings. The molecule has 3 nitrogen and oxygen atoms in total. The number of hydrogen-bond acceptors (Lipinski definition) is 3. The molecule has 5 heteroatoms. The lowest BCUT2D eigenvalue weighted by Crippen LogP contribution is -2.35. The van der Waals surface area contributed by atoms with E-state index in [2.05, 4.69) is 26.2 Å². The third-order valence-electron chi connectivity index (χ3n) is 2.70. The second-order valence-electron chi connectivity index (χ2n) is 3.83. The molecule has 3 N–H and O–H groups in total. The van der Waals surface area contributed by atoms with Gasteiger partial charge in [0.2, 0.25) is 0 Å². The molecule has 1 aliphatic carbocycles. The van der Waals surface area contributed by atoms with Crippen molar-refractivity contribution >= 4 is 33.3 Å². The van der Waals surface area contributed by atoms with Crippen molar-refractivity contribution in [2.75, 3.05) is 5.32 Å². The highest BCUT2D eigenvalue weighted by Gasteiger charge is 2.24. The molecule has 1 aromatic rings. The van der Waals surface area contributed by atoms with Crippen LogP contribution in [0.15, 0.2) is 16.7 Å². The summed E-state index contributed by atoms with van der Waals surface area (Å²) in [6.07, 6.45) is 5.07. The number of anilines is 1. The normalized spacial score (nSPS) is 25.5. The highest BCUT2D eigenvalue weighted by Crippen LogP contribution is 2.26. The van der Waals surface area contributed by atoms with Crippen LogP contribution in [0.3, 0.4) is 0 Å². The maximum atomic E-state index is 6.06. The maximum Gasteiger partial charge on any atom is 0.145 e. The molecule has 15 heavy (non-hydrogen) atoms. The minimum absolute atomic E-state index is 0.214. The van der Waals surface area contributed by atoms with E-state index in [4.69, 9.17) is 17.3 Å². The fourth-order valence-corrected chi connectivity index (χ4v) is 2.55. The molecule has 2 unspecified atom stereocenters. The molecule has 82 valence electrons. The van der Waals surface area contributed by atoms with Crippen molar-refractivity contribution in [2.24, 2.45) is 5.73 Å². The molecule has 2 atom stereocenters. The quantitative estimate of drug-likeness (QED) is 0.880. The summed E-state index contributed by atoms with van der Waals surface area (Å²) in [6, 6.07) is 2.35. The molecular formula is C10H13BrClN3. The Morgan fingerprint density at radius 3 is 2.93 bits per heavy atom. The summed E-state index contributed by atoms with van der Waals surface area (Å²) in [5.74, 6) is 0.724. The van der Waals surface area contributed by atoms with E-state index in [1.54, 1.807) is 6.20 Å². The molecule has 0 aliphatic heterocycles. The first-order valence-electron chi connectivity index (χ1n) is 5.00. The van der Waals surface area contributed by atoms with Crippen LogP contribution in [-0.2, 0) is 0 Å². The minimum atomic E-state index is 0.214. The summed E-state index contributed by atoms with van der Waals surface area (Å²) in [6.45, 7) is 0. The number of aromatic nitrogens is 1. The molecule has 0 radical (unpaired) electrons. The Morgan fingerprint density at radius 2 is 2.33 bits per heavy atom. The van der Waals surface area contributed by atoms with Crippen LogP contribution in [0.2, 0.25) is 5.02 Å². The van der Waals surface area contributed by atoms with Gasteiger partial charge < -0.3 is 11.1 Å². The maximum absolute atomic E-state index is 6.06. The first-order valence-corrected chi connectivity index (χ1v) is 6.17. The van der Waals surface area contributed by atoms with Gasteiger partial charge in [0.1, 0.15) is 5.82 Å². The molecular weight excluding hydrogens is 277 g/mol. The third-order valence-corrected chi connectivity index (χ3v) is 3.42. The van der Waals surface area contributed by atoms with E-state index < -0.39 is 0 Å². The van der Waals surface area contributed by atoms with Crippen molar-refractivity contribution in [3.8, 4) is 0 Å². The standard InChI is InChI=1S/C10H13BrClN3/c11-6-4-7(12)10(14-5-6)15-9-3-1-2-8(9)13/h4-5,8-9H,1-3,13H2,(H,14,15). The number of nitrogens with zero attached hydrogens (tertiary/aromatic N) is 1. The third kappa shape index (κ3) is 2.62. The van der Waals surface area contributed by atoms with Gasteiger partial charge in [-0.3, -0.25) is 0 Å². The molecule has 1 aromatic heterocycles. The van der Waals surface area contributed by atoms with Crippen LogP contribution >= 0.6 is 27.5 Å². The van der Waals surface area contributed by atoms with Crippen LogP contribution in [0.25, 0.3) is 0 Å². The van der Waals surface area contributed by atoms with Crippen molar-refractivity contribution in [2.45, 2.75) is 31.3 Å². The van der Waals surface area contributed by atoms with Gasteiger partial charge in [-0.1, -0.05) is 11.6 Å². The van der Waals surface area contributed by atoms with E-state index in [0.29, 0.717) is 11.1 Å². The van der Waals surface area contributed by atoms with Crippen LogP contribution < -0.4 is 11.1 Å². The predicted octanol–water partition coefficient (Wildman–Crippen LogP) is 2.79. The zero-order chi connectivity index (χ0) is 10.8. The van der Waals surface area contributed by atoms with Gasteiger partial charge in [-0.25, -0.2) is 4.98 Å². The Kier molecular flexibility index (Phi) is 3.49. The average Bonchev–Trinajstić information content (AvgIpc) is 2.57. The lowest BCUT2D eigenvalue weighted by molar-refractivity contribution is 0.635. The molecule has 0 amide bonds. The van der Waals surface area contributed by atoms with E-state index >= 15 is 0 Å². The van der Waals surface area contributed by atoms with Gasteiger partial charge in [0, 0.05) is 22.8 Å². The van der Waals surface area contributed by atoms with E-state index in [1.807, 2.05) is 6.07 Å². The summed E-state index contributed by atoms with van der Waals surface area (Å²) >= 11 is 9.38. The van der Waals surface area contributed by atoms with Crippen LogP contribution in [0.4, 0.5) is 5.82 Å². The van der Waals surface area contributed by atoms with Gasteiger partial charge in [0.25, 0.3) is 0 Å². The smallest absolute Gasteiger partial charge is 0.145 e. The van der Waals surface area contributed by atoms with Gasteiger partial charge >= 0.3 is 0 Å². The first kappa shape index (κ1) is 11.2. The SMILES string of the molecule is NC1CCCC1Nc1ncc(Br)cc1Cl. The molecule has 1 saturated carbocycles. The van der Waals surface area contributed by atoms with E-state index in [9.17, 15) is 0 Å². The van der Waals surface area contributed by atoms with Crippen LogP contribution in [-0.4, -0.2) is 17.1 Å². The lowest BCUT2D eigenvalue weighted by atomic mass is 10.2. The van der Waals surface area contributed by atoms with E-state index in [-0.39, 0.29) is 6.04 Å². The number of nitrogens with one attached hydrogen (secondary N) is 1. The molecule has 1 heterocycles. The highest BCUT2D eigenvalue weighted by atomic mass is 79.9. The first-order chi connectivity index (χ1) is 7.16. The summed E-state index contributed by atoms with van der Waals surface area (Å²) < 4.78 is 0.883.